The van der Waals surface area contributed by atoms with Crippen LogP contribution in [0.1, 0.15) is 0 Å². The SMILES string of the molecule is O=S(=O)(OO)c1ccccc1.[CaH2]. The average Bonchev–Trinajstić information content (AvgIpc) is 2.06. The molecule has 0 spiro atoms. The van der Waals surface area contributed by atoms with Crippen molar-refractivity contribution in [3.8, 4) is 0 Å². The fourth-order valence-corrected chi connectivity index (χ4v) is 1.21. The Morgan fingerprint density at radius 1 is 1.17 bits per heavy atom. The third-order valence-corrected chi connectivity index (χ3v) is 2.18. The predicted octanol–water partition coefficient (Wildman–Crippen LogP) is -0.0513. The first-order valence-electron chi connectivity index (χ1n) is 2.80. The molecular formula is C6H8CaO4S. The van der Waals surface area contributed by atoms with E-state index in [1.165, 1.54) is 24.3 Å². The second-order valence-corrected chi connectivity index (χ2v) is 3.37. The summed E-state index contributed by atoms with van der Waals surface area (Å²) in [6.07, 6.45) is 0. The molecule has 6 heteroatoms. The van der Waals surface area contributed by atoms with Crippen LogP contribution in [0.15, 0.2) is 35.2 Å². The minimum absolute atomic E-state index is 0. The summed E-state index contributed by atoms with van der Waals surface area (Å²) in [4.78, 5) is -0.0671. The second-order valence-electron chi connectivity index (χ2n) is 1.84. The van der Waals surface area contributed by atoms with Crippen molar-refractivity contribution in [3.05, 3.63) is 30.3 Å². The molecule has 0 bridgehead atoms. The van der Waals surface area contributed by atoms with Crippen LogP contribution in [0.3, 0.4) is 0 Å². The van der Waals surface area contributed by atoms with Crippen molar-refractivity contribution in [1.82, 2.24) is 0 Å². The molecule has 0 saturated heterocycles. The van der Waals surface area contributed by atoms with Gasteiger partial charge < -0.3 is 0 Å². The van der Waals surface area contributed by atoms with Gasteiger partial charge in [-0.1, -0.05) is 18.2 Å². The normalized spacial score (nSPS) is 10.4. The Bertz CT molecular complexity index is 321. The molecule has 0 aliphatic carbocycles. The third kappa shape index (κ3) is 3.01. The van der Waals surface area contributed by atoms with Gasteiger partial charge >= 0.3 is 47.9 Å². The molecule has 1 N–H and O–H groups in total. The first-order valence-corrected chi connectivity index (χ1v) is 4.21. The molecule has 64 valence electrons. The molecule has 0 aromatic heterocycles. The van der Waals surface area contributed by atoms with Gasteiger partial charge in [0.05, 0.1) is 4.90 Å². The molecule has 0 heterocycles. The van der Waals surface area contributed by atoms with Gasteiger partial charge in [0.25, 0.3) is 0 Å². The first kappa shape index (κ1) is 12.3. The van der Waals surface area contributed by atoms with E-state index in [0.29, 0.717) is 0 Å². The molecule has 0 amide bonds. The van der Waals surface area contributed by atoms with Gasteiger partial charge in [-0.15, -0.1) is 4.33 Å². The van der Waals surface area contributed by atoms with E-state index in [0.717, 1.165) is 0 Å². The zero-order valence-corrected chi connectivity index (χ0v) is 6.28. The van der Waals surface area contributed by atoms with E-state index in [-0.39, 0.29) is 42.6 Å². The Kier molecular flexibility index (Phi) is 5.31. The van der Waals surface area contributed by atoms with Gasteiger partial charge in [-0.3, -0.25) is 0 Å². The van der Waals surface area contributed by atoms with Gasteiger partial charge in [0.15, 0.2) is 0 Å². The molecule has 0 saturated carbocycles. The molecule has 0 radical (unpaired) electrons. The van der Waals surface area contributed by atoms with Crippen molar-refractivity contribution < 1.29 is 18.0 Å². The van der Waals surface area contributed by atoms with Crippen molar-refractivity contribution in [2.75, 3.05) is 0 Å². The van der Waals surface area contributed by atoms with Crippen LogP contribution in [0.4, 0.5) is 0 Å². The zero-order chi connectivity index (χ0) is 8.32. The summed E-state index contributed by atoms with van der Waals surface area (Å²) in [5.74, 6) is 0. The summed E-state index contributed by atoms with van der Waals surface area (Å²) in [7, 11) is -3.94. The molecule has 4 nitrogen and oxygen atoms in total. The van der Waals surface area contributed by atoms with Gasteiger partial charge in [-0.25, -0.2) is 5.26 Å². The maximum absolute atomic E-state index is 10.7. The molecule has 1 aromatic rings. The Balaban J connectivity index is 0.00000121. The molecule has 1 aromatic carbocycles. The Morgan fingerprint density at radius 3 is 2.08 bits per heavy atom. The molecule has 0 aliphatic rings. The number of rotatable bonds is 2. The summed E-state index contributed by atoms with van der Waals surface area (Å²) in [5, 5.41) is 7.96. The van der Waals surface area contributed by atoms with Crippen molar-refractivity contribution >= 4 is 47.9 Å². The summed E-state index contributed by atoms with van der Waals surface area (Å²) in [5.41, 5.74) is 0. The molecule has 0 aliphatic heterocycles. The van der Waals surface area contributed by atoms with Crippen LogP contribution in [-0.2, 0) is 14.5 Å². The number of hydrogen-bond donors (Lipinski definition) is 1. The third-order valence-electron chi connectivity index (χ3n) is 1.13. The van der Waals surface area contributed by atoms with E-state index in [1.807, 2.05) is 0 Å². The van der Waals surface area contributed by atoms with Crippen LogP contribution in [-0.4, -0.2) is 51.4 Å². The standard InChI is InChI=1S/C6H6O4S.Ca.2H/c7-10-11(8,9)6-4-2-1-3-5-6;;;/h1-5,7H;;;. The van der Waals surface area contributed by atoms with Crippen LogP contribution in [0.5, 0.6) is 0 Å². The quantitative estimate of drug-likeness (QED) is 0.427. The summed E-state index contributed by atoms with van der Waals surface area (Å²) < 4.78 is 24.8. The Morgan fingerprint density at radius 2 is 1.67 bits per heavy atom. The summed E-state index contributed by atoms with van der Waals surface area (Å²) in [6, 6.07) is 7.38. The zero-order valence-electron chi connectivity index (χ0n) is 5.47. The summed E-state index contributed by atoms with van der Waals surface area (Å²) >= 11 is 0. The van der Waals surface area contributed by atoms with Crippen LogP contribution < -0.4 is 0 Å². The van der Waals surface area contributed by atoms with Crippen molar-refractivity contribution in [2.45, 2.75) is 4.90 Å². The molecule has 0 atom stereocenters. The van der Waals surface area contributed by atoms with E-state index >= 15 is 0 Å². The number of hydrogen-bond acceptors (Lipinski definition) is 4. The van der Waals surface area contributed by atoms with E-state index in [9.17, 15) is 8.42 Å². The molecule has 0 fully saturated rings. The molecular weight excluding hydrogens is 208 g/mol. The topological polar surface area (TPSA) is 63.6 Å². The van der Waals surface area contributed by atoms with E-state index in [4.69, 9.17) is 5.26 Å². The first-order chi connectivity index (χ1) is 5.17. The fraction of sp³-hybridized carbons (Fsp3) is 0. The predicted molar refractivity (Wildman–Crippen MR) is 45.9 cm³/mol. The van der Waals surface area contributed by atoms with Gasteiger partial charge in [-0.2, -0.15) is 8.42 Å². The van der Waals surface area contributed by atoms with Gasteiger partial charge in [0.1, 0.15) is 0 Å². The van der Waals surface area contributed by atoms with E-state index < -0.39 is 10.1 Å². The van der Waals surface area contributed by atoms with Gasteiger partial charge in [-0.05, 0) is 12.1 Å². The second kappa shape index (κ2) is 5.16. The monoisotopic (exact) mass is 216 g/mol. The maximum atomic E-state index is 10.7. The van der Waals surface area contributed by atoms with Gasteiger partial charge in [0, 0.05) is 0 Å². The van der Waals surface area contributed by atoms with Crippen molar-refractivity contribution in [3.63, 3.8) is 0 Å². The van der Waals surface area contributed by atoms with Crippen LogP contribution in [0.25, 0.3) is 0 Å². The average molecular weight is 216 g/mol. The Hall–Kier alpha value is 0.350. The number of benzene rings is 1. The van der Waals surface area contributed by atoms with Crippen molar-refractivity contribution in [2.24, 2.45) is 0 Å². The Labute approximate surface area is 100 Å². The van der Waals surface area contributed by atoms with Crippen LogP contribution in [0, 0.1) is 0 Å². The van der Waals surface area contributed by atoms with E-state index in [1.54, 1.807) is 6.07 Å². The molecule has 12 heavy (non-hydrogen) atoms. The van der Waals surface area contributed by atoms with Crippen molar-refractivity contribution in [1.29, 1.82) is 0 Å². The van der Waals surface area contributed by atoms with E-state index in [2.05, 4.69) is 4.33 Å². The molecule has 0 unspecified atom stereocenters. The van der Waals surface area contributed by atoms with Crippen LogP contribution in [0.2, 0.25) is 0 Å². The van der Waals surface area contributed by atoms with Crippen LogP contribution >= 0.6 is 0 Å². The van der Waals surface area contributed by atoms with Gasteiger partial charge in [0.2, 0.25) is 0 Å². The minimum atomic E-state index is -3.94. The fourth-order valence-electron chi connectivity index (χ4n) is 0.630. The summed E-state index contributed by atoms with van der Waals surface area (Å²) in [6.45, 7) is 0. The molecule has 1 rings (SSSR count).